The number of ether oxygens (including phenoxy) is 1. The highest BCUT2D eigenvalue weighted by Crippen LogP contribution is 2.30. The zero-order chi connectivity index (χ0) is 21.1. The summed E-state index contributed by atoms with van der Waals surface area (Å²) in [5, 5.41) is 1.20. The number of carbonyl (C=O) groups is 1. The van der Waals surface area contributed by atoms with E-state index in [0.717, 1.165) is 35.3 Å². The Morgan fingerprint density at radius 2 is 1.93 bits per heavy atom. The number of amides is 1. The second-order valence-electron chi connectivity index (χ2n) is 7.54. The van der Waals surface area contributed by atoms with Crippen molar-refractivity contribution in [3.63, 3.8) is 0 Å². The van der Waals surface area contributed by atoms with Gasteiger partial charge in [-0.05, 0) is 36.2 Å². The fraction of sp³-hybridized carbons (Fsp3) is 0.391. The van der Waals surface area contributed by atoms with Gasteiger partial charge in [0, 0.05) is 29.6 Å². The molecule has 30 heavy (non-hydrogen) atoms. The quantitative estimate of drug-likeness (QED) is 0.527. The summed E-state index contributed by atoms with van der Waals surface area (Å²) in [5.74, 6) is 0.965. The lowest BCUT2D eigenvalue weighted by molar-refractivity contribution is -0.139. The van der Waals surface area contributed by atoms with Crippen molar-refractivity contribution in [1.29, 1.82) is 0 Å². The summed E-state index contributed by atoms with van der Waals surface area (Å²) in [7, 11) is 0. The lowest BCUT2D eigenvalue weighted by Gasteiger charge is -2.31. The number of morpholine rings is 1. The van der Waals surface area contributed by atoms with E-state index < -0.39 is 0 Å². The molecular weight excluding hydrogens is 421 g/mol. The molecule has 1 fully saturated rings. The second-order valence-corrected chi connectivity index (χ2v) is 8.39. The Balaban J connectivity index is 1.78. The van der Waals surface area contributed by atoms with E-state index in [1.807, 2.05) is 41.3 Å². The number of carbonyl (C=O) groups excluding carboxylic acids is 1. The van der Waals surface area contributed by atoms with Gasteiger partial charge in [0.15, 0.2) is 0 Å². The maximum Gasteiger partial charge on any atom is 0.245 e. The molecule has 1 atom stereocenters. The van der Waals surface area contributed by atoms with Crippen LogP contribution in [0.15, 0.2) is 42.5 Å². The normalized spacial score (nSPS) is 15.5. The van der Waals surface area contributed by atoms with Crippen molar-refractivity contribution in [2.45, 2.75) is 32.2 Å². The smallest absolute Gasteiger partial charge is 0.245 e. The van der Waals surface area contributed by atoms with E-state index in [0.29, 0.717) is 42.8 Å². The molecule has 1 saturated heterocycles. The molecular formula is C23H25Cl2N3O2. The van der Waals surface area contributed by atoms with Crippen LogP contribution in [0.25, 0.3) is 11.0 Å². The van der Waals surface area contributed by atoms with Gasteiger partial charge in [-0.2, -0.15) is 0 Å². The summed E-state index contributed by atoms with van der Waals surface area (Å²) in [5.41, 5.74) is 2.79. The van der Waals surface area contributed by atoms with Crippen molar-refractivity contribution in [2.24, 2.45) is 0 Å². The van der Waals surface area contributed by atoms with Crippen LogP contribution in [0.5, 0.6) is 0 Å². The fourth-order valence-corrected chi connectivity index (χ4v) is 4.51. The number of benzene rings is 2. The molecule has 2 heterocycles. The first-order valence-electron chi connectivity index (χ1n) is 10.3. The Labute approximate surface area is 186 Å². The Kier molecular flexibility index (Phi) is 6.61. The minimum atomic E-state index is -0.304. The number of halogens is 2. The van der Waals surface area contributed by atoms with Crippen molar-refractivity contribution < 1.29 is 9.53 Å². The molecule has 1 unspecified atom stereocenters. The number of imidazole rings is 1. The van der Waals surface area contributed by atoms with Crippen LogP contribution in [0.2, 0.25) is 10.0 Å². The Hall–Kier alpha value is -2.08. The van der Waals surface area contributed by atoms with Crippen LogP contribution in [0.4, 0.5) is 0 Å². The predicted octanol–water partition coefficient (Wildman–Crippen LogP) is 5.13. The van der Waals surface area contributed by atoms with Crippen molar-refractivity contribution in [1.82, 2.24) is 14.5 Å². The van der Waals surface area contributed by atoms with Gasteiger partial charge in [-0.25, -0.2) is 4.98 Å². The van der Waals surface area contributed by atoms with E-state index in [4.69, 9.17) is 32.9 Å². The van der Waals surface area contributed by atoms with Crippen molar-refractivity contribution in [3.8, 4) is 0 Å². The van der Waals surface area contributed by atoms with Gasteiger partial charge in [-0.15, -0.1) is 0 Å². The van der Waals surface area contributed by atoms with Gasteiger partial charge in [-0.3, -0.25) is 4.79 Å². The van der Waals surface area contributed by atoms with Crippen molar-refractivity contribution in [3.05, 3.63) is 63.9 Å². The second kappa shape index (κ2) is 9.38. The van der Waals surface area contributed by atoms with Gasteiger partial charge in [0.25, 0.3) is 0 Å². The number of fused-ring (bicyclic) bond motifs is 1. The minimum absolute atomic E-state index is 0.131. The fourth-order valence-electron chi connectivity index (χ4n) is 4.03. The van der Waals surface area contributed by atoms with Crippen LogP contribution in [0.3, 0.4) is 0 Å². The van der Waals surface area contributed by atoms with E-state index in [-0.39, 0.29) is 11.9 Å². The van der Waals surface area contributed by atoms with E-state index in [1.165, 1.54) is 0 Å². The van der Waals surface area contributed by atoms with Crippen molar-refractivity contribution >= 4 is 40.1 Å². The monoisotopic (exact) mass is 445 g/mol. The standard InChI is InChI=1S/C23H25Cl2N3O2/c1-2-5-21(23(29)27-10-12-30-13-11-27)28-20-7-4-3-6-19(20)26-22(28)14-16-8-9-17(24)15-18(16)25/h3-4,6-9,15,21H,2,5,10-14H2,1H3. The van der Waals surface area contributed by atoms with Crippen LogP contribution in [-0.2, 0) is 16.0 Å². The number of rotatable bonds is 6. The predicted molar refractivity (Wildman–Crippen MR) is 120 cm³/mol. The topological polar surface area (TPSA) is 47.4 Å². The molecule has 0 radical (unpaired) electrons. The number of hydrogen-bond donors (Lipinski definition) is 0. The Morgan fingerprint density at radius 1 is 1.17 bits per heavy atom. The summed E-state index contributed by atoms with van der Waals surface area (Å²) in [6.45, 7) is 4.54. The van der Waals surface area contributed by atoms with Gasteiger partial charge >= 0.3 is 0 Å². The van der Waals surface area contributed by atoms with Crippen molar-refractivity contribution in [2.75, 3.05) is 26.3 Å². The maximum absolute atomic E-state index is 13.5. The summed E-state index contributed by atoms with van der Waals surface area (Å²) in [4.78, 5) is 20.3. The van der Waals surface area contributed by atoms with Gasteiger partial charge in [0.05, 0.1) is 24.2 Å². The zero-order valence-electron chi connectivity index (χ0n) is 17.0. The molecule has 0 saturated carbocycles. The highest BCUT2D eigenvalue weighted by molar-refractivity contribution is 6.35. The molecule has 2 aromatic carbocycles. The molecule has 0 aliphatic carbocycles. The molecule has 5 nitrogen and oxygen atoms in total. The van der Waals surface area contributed by atoms with Crippen LogP contribution in [-0.4, -0.2) is 46.7 Å². The van der Waals surface area contributed by atoms with E-state index in [2.05, 4.69) is 11.5 Å². The first-order valence-corrected chi connectivity index (χ1v) is 11.1. The molecule has 158 valence electrons. The van der Waals surface area contributed by atoms with E-state index in [9.17, 15) is 4.79 Å². The molecule has 1 aromatic heterocycles. The first-order chi connectivity index (χ1) is 14.6. The van der Waals surface area contributed by atoms with Crippen LogP contribution in [0, 0.1) is 0 Å². The molecule has 1 aliphatic rings. The summed E-state index contributed by atoms with van der Waals surface area (Å²) in [6, 6.07) is 13.2. The summed E-state index contributed by atoms with van der Waals surface area (Å²) < 4.78 is 7.55. The largest absolute Gasteiger partial charge is 0.378 e. The molecule has 0 spiro atoms. The molecule has 3 aromatic rings. The minimum Gasteiger partial charge on any atom is -0.378 e. The van der Waals surface area contributed by atoms with Gasteiger partial charge < -0.3 is 14.2 Å². The lowest BCUT2D eigenvalue weighted by atomic mass is 10.1. The van der Waals surface area contributed by atoms with E-state index in [1.54, 1.807) is 6.07 Å². The number of nitrogens with zero attached hydrogens (tertiary/aromatic N) is 3. The molecule has 7 heteroatoms. The van der Waals surface area contributed by atoms with Crippen LogP contribution in [0.1, 0.15) is 37.2 Å². The van der Waals surface area contributed by atoms with Crippen LogP contribution >= 0.6 is 23.2 Å². The third kappa shape index (κ3) is 4.34. The Bertz CT molecular complexity index is 1040. The third-order valence-corrected chi connectivity index (χ3v) is 6.10. The van der Waals surface area contributed by atoms with Gasteiger partial charge in [0.1, 0.15) is 11.9 Å². The molecule has 0 bridgehead atoms. The van der Waals surface area contributed by atoms with E-state index >= 15 is 0 Å². The average Bonchev–Trinajstić information content (AvgIpc) is 3.12. The number of aromatic nitrogens is 2. The zero-order valence-corrected chi connectivity index (χ0v) is 18.5. The average molecular weight is 446 g/mol. The molecule has 4 rings (SSSR count). The Morgan fingerprint density at radius 3 is 2.67 bits per heavy atom. The first kappa shape index (κ1) is 21.2. The summed E-state index contributed by atoms with van der Waals surface area (Å²) in [6.07, 6.45) is 2.17. The summed E-state index contributed by atoms with van der Waals surface area (Å²) >= 11 is 12.5. The van der Waals surface area contributed by atoms with Gasteiger partial charge in [0.2, 0.25) is 5.91 Å². The van der Waals surface area contributed by atoms with Crippen LogP contribution < -0.4 is 0 Å². The molecule has 1 aliphatic heterocycles. The molecule has 1 amide bonds. The molecule has 0 N–H and O–H groups in total. The number of para-hydroxylation sites is 2. The maximum atomic E-state index is 13.5. The SMILES string of the molecule is CCCC(C(=O)N1CCOCC1)n1c(Cc2ccc(Cl)cc2Cl)nc2ccccc21. The highest BCUT2D eigenvalue weighted by atomic mass is 35.5. The highest BCUT2D eigenvalue weighted by Gasteiger charge is 2.30. The lowest BCUT2D eigenvalue weighted by Crippen LogP contribution is -2.44. The third-order valence-electron chi connectivity index (χ3n) is 5.51. The number of hydrogen-bond acceptors (Lipinski definition) is 3. The van der Waals surface area contributed by atoms with Gasteiger partial charge in [-0.1, -0.05) is 54.7 Å².